The maximum Gasteiger partial charge on any atom is 0.415 e. The molecule has 0 aromatic carbocycles. The summed E-state index contributed by atoms with van der Waals surface area (Å²) in [6.07, 6.45) is 2.32. The molecule has 0 radical (unpaired) electrons. The van der Waals surface area contributed by atoms with Crippen molar-refractivity contribution in [3.63, 3.8) is 0 Å². The standard InChI is InChI=1S/C11H14N4O2S/c1-6(2)17-11(16)15-7(3)10(18)14-9-8(15)4-12-5-13-9/h4-7H,1-3H3,(H,12,13,14,18)/t7-/m0/s1. The first kappa shape index (κ1) is 12.7. The maximum atomic E-state index is 12.1. The number of nitrogens with zero attached hydrogens (tertiary/aromatic N) is 3. The zero-order valence-corrected chi connectivity index (χ0v) is 11.2. The molecule has 1 aromatic heterocycles. The van der Waals surface area contributed by atoms with Crippen LogP contribution in [-0.2, 0) is 4.74 Å². The zero-order valence-electron chi connectivity index (χ0n) is 10.4. The number of carbonyl (C=O) groups is 1. The van der Waals surface area contributed by atoms with Crippen molar-refractivity contribution in [2.75, 3.05) is 10.2 Å². The zero-order chi connectivity index (χ0) is 13.3. The lowest BCUT2D eigenvalue weighted by Gasteiger charge is -2.34. The van der Waals surface area contributed by atoms with Gasteiger partial charge in [-0.15, -0.1) is 0 Å². The average Bonchev–Trinajstić information content (AvgIpc) is 2.29. The van der Waals surface area contributed by atoms with Gasteiger partial charge in [-0.2, -0.15) is 0 Å². The van der Waals surface area contributed by atoms with Crippen molar-refractivity contribution in [3.8, 4) is 0 Å². The summed E-state index contributed by atoms with van der Waals surface area (Å²) in [5, 5.41) is 2.98. The van der Waals surface area contributed by atoms with Crippen LogP contribution in [0, 0.1) is 0 Å². The molecule has 6 nitrogen and oxygen atoms in total. The van der Waals surface area contributed by atoms with Gasteiger partial charge in [0.15, 0.2) is 5.82 Å². The smallest absolute Gasteiger partial charge is 0.415 e. The molecular weight excluding hydrogens is 252 g/mol. The number of thiocarbonyl (C=S) groups is 1. The fourth-order valence-corrected chi connectivity index (χ4v) is 1.86. The summed E-state index contributed by atoms with van der Waals surface area (Å²) in [6, 6.07) is -0.287. The molecule has 2 rings (SSSR count). The summed E-state index contributed by atoms with van der Waals surface area (Å²) in [5.41, 5.74) is 0.573. The van der Waals surface area contributed by atoms with Crippen LogP contribution in [0.25, 0.3) is 0 Å². The molecule has 1 amide bonds. The topological polar surface area (TPSA) is 67.3 Å². The number of aromatic nitrogens is 2. The first-order chi connectivity index (χ1) is 8.50. The first-order valence-electron chi connectivity index (χ1n) is 5.61. The molecule has 0 saturated carbocycles. The molecule has 7 heteroatoms. The van der Waals surface area contributed by atoms with Crippen LogP contribution in [0.3, 0.4) is 0 Å². The van der Waals surface area contributed by atoms with Gasteiger partial charge in [-0.3, -0.25) is 4.90 Å². The van der Waals surface area contributed by atoms with Crippen LogP contribution in [-0.4, -0.2) is 33.2 Å². The number of ether oxygens (including phenoxy) is 1. The van der Waals surface area contributed by atoms with Crippen LogP contribution in [0.1, 0.15) is 20.8 Å². The monoisotopic (exact) mass is 266 g/mol. The summed E-state index contributed by atoms with van der Waals surface area (Å²) in [7, 11) is 0. The third kappa shape index (κ3) is 2.26. The number of amides is 1. The Labute approximate surface area is 110 Å². The Hall–Kier alpha value is -1.76. The van der Waals surface area contributed by atoms with E-state index in [-0.39, 0.29) is 12.1 Å². The van der Waals surface area contributed by atoms with E-state index in [1.165, 1.54) is 11.2 Å². The lowest BCUT2D eigenvalue weighted by molar-refractivity contribution is 0.122. The van der Waals surface area contributed by atoms with Crippen LogP contribution in [0.4, 0.5) is 16.3 Å². The van der Waals surface area contributed by atoms with E-state index in [0.717, 1.165) is 0 Å². The molecule has 0 bridgehead atoms. The highest BCUT2D eigenvalue weighted by Gasteiger charge is 2.33. The predicted molar refractivity (Wildman–Crippen MR) is 71.8 cm³/mol. The summed E-state index contributed by atoms with van der Waals surface area (Å²) in [4.78, 5) is 22.1. The lowest BCUT2D eigenvalue weighted by Crippen LogP contribution is -2.49. The van der Waals surface area contributed by atoms with Crippen LogP contribution < -0.4 is 10.2 Å². The minimum Gasteiger partial charge on any atom is -0.446 e. The summed E-state index contributed by atoms with van der Waals surface area (Å²) >= 11 is 5.19. The van der Waals surface area contributed by atoms with Crippen molar-refractivity contribution in [1.29, 1.82) is 0 Å². The van der Waals surface area contributed by atoms with E-state index in [9.17, 15) is 4.79 Å². The van der Waals surface area contributed by atoms with Gasteiger partial charge in [0.2, 0.25) is 0 Å². The largest absolute Gasteiger partial charge is 0.446 e. The van der Waals surface area contributed by atoms with E-state index in [1.54, 1.807) is 20.0 Å². The fourth-order valence-electron chi connectivity index (χ4n) is 1.66. The Morgan fingerprint density at radius 3 is 3.00 bits per heavy atom. The average molecular weight is 266 g/mol. The molecule has 1 aromatic rings. The van der Waals surface area contributed by atoms with Crippen LogP contribution in [0.2, 0.25) is 0 Å². The molecule has 1 atom stereocenters. The van der Waals surface area contributed by atoms with Crippen molar-refractivity contribution in [1.82, 2.24) is 9.97 Å². The number of anilines is 2. The normalized spacial score (nSPS) is 18.3. The van der Waals surface area contributed by atoms with Crippen molar-refractivity contribution >= 4 is 34.8 Å². The highest BCUT2D eigenvalue weighted by molar-refractivity contribution is 7.80. The lowest BCUT2D eigenvalue weighted by atomic mass is 10.2. The Morgan fingerprint density at radius 1 is 1.61 bits per heavy atom. The molecule has 96 valence electrons. The van der Waals surface area contributed by atoms with Gasteiger partial charge in [0.1, 0.15) is 17.0 Å². The Balaban J connectivity index is 2.38. The summed E-state index contributed by atoms with van der Waals surface area (Å²) in [6.45, 7) is 5.42. The Morgan fingerprint density at radius 2 is 2.33 bits per heavy atom. The van der Waals surface area contributed by atoms with E-state index >= 15 is 0 Å². The first-order valence-corrected chi connectivity index (χ1v) is 6.02. The highest BCUT2D eigenvalue weighted by atomic mass is 32.1. The molecule has 0 aliphatic carbocycles. The summed E-state index contributed by atoms with van der Waals surface area (Å²) in [5.74, 6) is 0.522. The van der Waals surface area contributed by atoms with Gasteiger partial charge in [-0.1, -0.05) is 12.2 Å². The SMILES string of the molecule is CC(C)OC(=O)N1c2cncnc2NC(=S)[C@@H]1C. The molecule has 0 saturated heterocycles. The molecule has 0 fully saturated rings. The van der Waals surface area contributed by atoms with Crippen molar-refractivity contribution in [2.45, 2.75) is 32.9 Å². The van der Waals surface area contributed by atoms with Gasteiger partial charge in [0.05, 0.1) is 18.3 Å². The van der Waals surface area contributed by atoms with Crippen molar-refractivity contribution in [3.05, 3.63) is 12.5 Å². The predicted octanol–water partition coefficient (Wildman–Crippen LogP) is 1.97. The molecule has 2 heterocycles. The number of carbonyl (C=O) groups excluding carboxylic acids is 1. The third-order valence-corrected chi connectivity index (χ3v) is 2.94. The molecule has 1 aliphatic heterocycles. The molecule has 1 N–H and O–H groups in total. The van der Waals surface area contributed by atoms with Crippen LogP contribution >= 0.6 is 12.2 Å². The Kier molecular flexibility index (Phi) is 3.42. The quantitative estimate of drug-likeness (QED) is 0.784. The number of nitrogens with one attached hydrogen (secondary N) is 1. The van der Waals surface area contributed by atoms with E-state index in [4.69, 9.17) is 17.0 Å². The third-order valence-electron chi connectivity index (χ3n) is 2.49. The van der Waals surface area contributed by atoms with E-state index < -0.39 is 6.09 Å². The van der Waals surface area contributed by atoms with Gasteiger partial charge in [-0.25, -0.2) is 14.8 Å². The molecule has 1 aliphatic rings. The van der Waals surface area contributed by atoms with Gasteiger partial charge in [0, 0.05) is 0 Å². The maximum absolute atomic E-state index is 12.1. The van der Waals surface area contributed by atoms with Gasteiger partial charge >= 0.3 is 6.09 Å². The van der Waals surface area contributed by atoms with Crippen molar-refractivity contribution < 1.29 is 9.53 Å². The molecule has 0 spiro atoms. The highest BCUT2D eigenvalue weighted by Crippen LogP contribution is 2.30. The number of fused-ring (bicyclic) bond motifs is 1. The number of hydrogen-bond donors (Lipinski definition) is 1. The second kappa shape index (κ2) is 4.85. The second-order valence-electron chi connectivity index (χ2n) is 4.22. The van der Waals surface area contributed by atoms with E-state index in [0.29, 0.717) is 16.5 Å². The van der Waals surface area contributed by atoms with Crippen molar-refractivity contribution in [2.24, 2.45) is 0 Å². The van der Waals surface area contributed by atoms with E-state index in [1.807, 2.05) is 6.92 Å². The minimum atomic E-state index is -0.447. The Bertz CT molecular complexity index is 492. The van der Waals surface area contributed by atoms with E-state index in [2.05, 4.69) is 15.3 Å². The van der Waals surface area contributed by atoms with Crippen LogP contribution in [0.15, 0.2) is 12.5 Å². The molecule has 0 unspecified atom stereocenters. The molecule has 18 heavy (non-hydrogen) atoms. The van der Waals surface area contributed by atoms with Gasteiger partial charge < -0.3 is 10.1 Å². The molecular formula is C11H14N4O2S. The number of rotatable bonds is 1. The number of hydrogen-bond acceptors (Lipinski definition) is 5. The van der Waals surface area contributed by atoms with Gasteiger partial charge in [0.25, 0.3) is 0 Å². The fraction of sp³-hybridized carbons (Fsp3) is 0.455. The minimum absolute atomic E-state index is 0.193. The second-order valence-corrected chi connectivity index (χ2v) is 4.66. The summed E-state index contributed by atoms with van der Waals surface area (Å²) < 4.78 is 5.21. The van der Waals surface area contributed by atoms with Gasteiger partial charge in [-0.05, 0) is 20.8 Å². The van der Waals surface area contributed by atoms with Crippen LogP contribution in [0.5, 0.6) is 0 Å².